The van der Waals surface area contributed by atoms with Crippen LogP contribution < -0.4 is 4.74 Å². The second kappa shape index (κ2) is 11.7. The van der Waals surface area contributed by atoms with E-state index in [4.69, 9.17) is 18.9 Å². The molecule has 0 saturated heterocycles. The van der Waals surface area contributed by atoms with Gasteiger partial charge < -0.3 is 18.9 Å². The van der Waals surface area contributed by atoms with E-state index in [9.17, 15) is 9.36 Å². The van der Waals surface area contributed by atoms with Crippen molar-refractivity contribution in [1.29, 1.82) is 0 Å². The number of aliphatic carboxylic acids is 1. The Morgan fingerprint density at radius 1 is 1.03 bits per heavy atom. The first kappa shape index (κ1) is 23.9. The Morgan fingerprint density at radius 3 is 2.27 bits per heavy atom. The molecule has 1 unspecified atom stereocenters. The maximum atomic E-state index is 12.4. The molecule has 0 amide bonds. The molecule has 0 aromatic heterocycles. The topological polar surface area (TPSA) is 82.1 Å². The molecule has 0 bridgehead atoms. The molecule has 2 aromatic rings. The van der Waals surface area contributed by atoms with E-state index in [-0.39, 0.29) is 6.16 Å². The third-order valence-corrected chi connectivity index (χ3v) is 6.42. The number of allylic oxidation sites excluding steroid dienone is 1. The number of ether oxygens (including phenoxy) is 1. The smallest absolute Gasteiger partial charge is 0.334 e. The van der Waals surface area contributed by atoms with Gasteiger partial charge >= 0.3 is 13.6 Å². The van der Waals surface area contributed by atoms with E-state index in [0.717, 1.165) is 16.7 Å². The Labute approximate surface area is 178 Å². The Kier molecular flexibility index (Phi) is 9.31. The summed E-state index contributed by atoms with van der Waals surface area (Å²) in [5.74, 6) is -0.699. The van der Waals surface area contributed by atoms with Crippen LogP contribution in [0.2, 0.25) is 0 Å². The van der Waals surface area contributed by atoms with E-state index in [2.05, 4.69) is 0 Å². The van der Waals surface area contributed by atoms with Crippen molar-refractivity contribution in [3.8, 4) is 16.9 Å². The second-order valence-electron chi connectivity index (χ2n) is 6.59. The van der Waals surface area contributed by atoms with E-state index in [0.29, 0.717) is 25.6 Å². The van der Waals surface area contributed by atoms with Gasteiger partial charge in [0.1, 0.15) is 12.4 Å². The van der Waals surface area contributed by atoms with Gasteiger partial charge in [-0.1, -0.05) is 54.6 Å². The van der Waals surface area contributed by atoms with Crippen LogP contribution in [-0.4, -0.2) is 37.1 Å². The lowest BCUT2D eigenvalue weighted by atomic mass is 9.97. The lowest BCUT2D eigenvalue weighted by molar-refractivity contribution is -0.138. The molecular formula is C23H29O6P. The number of para-hydroxylation sites is 1. The minimum atomic E-state index is -3.09. The number of carboxylic acids is 1. The predicted molar refractivity (Wildman–Crippen MR) is 118 cm³/mol. The summed E-state index contributed by atoms with van der Waals surface area (Å²) < 4.78 is 28.8. The number of benzene rings is 2. The third-order valence-electron chi connectivity index (χ3n) is 4.46. The van der Waals surface area contributed by atoms with Crippen LogP contribution in [0.1, 0.15) is 32.3 Å². The molecule has 0 saturated carbocycles. The number of carbonyl (C=O) groups is 1. The highest BCUT2D eigenvalue weighted by Crippen LogP contribution is 2.47. The molecule has 2 aromatic carbocycles. The van der Waals surface area contributed by atoms with Gasteiger partial charge in [-0.15, -0.1) is 0 Å². The van der Waals surface area contributed by atoms with Gasteiger partial charge in [-0.25, -0.2) is 0 Å². The quantitative estimate of drug-likeness (QED) is 0.340. The van der Waals surface area contributed by atoms with Crippen molar-refractivity contribution in [2.24, 2.45) is 0 Å². The van der Waals surface area contributed by atoms with Crippen molar-refractivity contribution in [2.45, 2.75) is 26.7 Å². The standard InChI is InChI=1S/C23H29O6P/c1-4-28-30(26,29-5-2)17-9-8-16-27-22-11-7-6-10-21(22)20-14-12-19(13-15-20)18(3)23(24)25/h6-15,18H,4-5,16-17H2,1-3H3,(H,24,25). The molecule has 0 heterocycles. The van der Waals surface area contributed by atoms with Crippen LogP contribution in [0.25, 0.3) is 11.1 Å². The Bertz CT molecular complexity index is 881. The SMILES string of the molecule is CCOP(=O)(CC=CCOc1ccccc1-c1ccc(C(C)C(=O)O)cc1)OCC. The predicted octanol–water partition coefficient (Wildman–Crippen LogP) is 5.74. The van der Waals surface area contributed by atoms with Crippen molar-refractivity contribution >= 4 is 13.6 Å². The van der Waals surface area contributed by atoms with E-state index in [1.165, 1.54) is 0 Å². The van der Waals surface area contributed by atoms with Crippen molar-refractivity contribution in [3.63, 3.8) is 0 Å². The van der Waals surface area contributed by atoms with Crippen molar-refractivity contribution < 1.29 is 28.3 Å². The average molecular weight is 432 g/mol. The summed E-state index contributed by atoms with van der Waals surface area (Å²) >= 11 is 0. The highest BCUT2D eigenvalue weighted by atomic mass is 31.2. The summed E-state index contributed by atoms with van der Waals surface area (Å²) in [7, 11) is -3.09. The molecule has 0 radical (unpaired) electrons. The Balaban J connectivity index is 2.04. The summed E-state index contributed by atoms with van der Waals surface area (Å²) in [6, 6.07) is 15.1. The molecule has 0 aliphatic heterocycles. The largest absolute Gasteiger partial charge is 0.489 e. The average Bonchev–Trinajstić information content (AvgIpc) is 2.73. The molecule has 30 heavy (non-hydrogen) atoms. The van der Waals surface area contributed by atoms with Crippen LogP contribution >= 0.6 is 7.60 Å². The normalized spacial score (nSPS) is 12.8. The zero-order valence-electron chi connectivity index (χ0n) is 17.6. The lowest BCUT2D eigenvalue weighted by Gasteiger charge is -2.15. The molecule has 2 rings (SSSR count). The number of carboxylic acid groups (broad SMARTS) is 1. The van der Waals surface area contributed by atoms with E-state index < -0.39 is 19.5 Å². The monoisotopic (exact) mass is 432 g/mol. The summed E-state index contributed by atoms with van der Waals surface area (Å²) in [6.45, 7) is 6.20. The van der Waals surface area contributed by atoms with E-state index >= 15 is 0 Å². The molecular weight excluding hydrogens is 403 g/mol. The first-order valence-corrected chi connectivity index (χ1v) is 11.7. The summed E-state index contributed by atoms with van der Waals surface area (Å²) in [4.78, 5) is 11.2. The van der Waals surface area contributed by atoms with Crippen molar-refractivity contribution in [1.82, 2.24) is 0 Å². The molecule has 0 aliphatic rings. The van der Waals surface area contributed by atoms with Gasteiger partial charge in [0.15, 0.2) is 0 Å². The molecule has 162 valence electrons. The van der Waals surface area contributed by atoms with E-state index in [1.807, 2.05) is 48.5 Å². The summed E-state index contributed by atoms with van der Waals surface area (Å²) in [6.07, 6.45) is 3.73. The molecule has 6 nitrogen and oxygen atoms in total. The number of hydrogen-bond donors (Lipinski definition) is 1. The first-order chi connectivity index (χ1) is 14.4. The van der Waals surface area contributed by atoms with Crippen molar-refractivity contribution in [3.05, 3.63) is 66.2 Å². The van der Waals surface area contributed by atoms with Crippen LogP contribution in [-0.2, 0) is 18.4 Å². The van der Waals surface area contributed by atoms with Gasteiger partial charge in [0.05, 0.1) is 25.3 Å². The van der Waals surface area contributed by atoms with Crippen LogP contribution in [0.5, 0.6) is 5.75 Å². The minimum absolute atomic E-state index is 0.197. The minimum Gasteiger partial charge on any atom is -0.489 e. The number of rotatable bonds is 12. The molecule has 1 atom stereocenters. The fourth-order valence-electron chi connectivity index (χ4n) is 2.87. The maximum Gasteiger partial charge on any atom is 0.334 e. The van der Waals surface area contributed by atoms with E-state index in [1.54, 1.807) is 32.9 Å². The summed E-state index contributed by atoms with van der Waals surface area (Å²) in [5.41, 5.74) is 2.60. The van der Waals surface area contributed by atoms with Gasteiger partial charge in [0, 0.05) is 5.56 Å². The fraction of sp³-hybridized carbons (Fsp3) is 0.348. The van der Waals surface area contributed by atoms with Crippen molar-refractivity contribution in [2.75, 3.05) is 26.0 Å². The highest BCUT2D eigenvalue weighted by Gasteiger charge is 2.21. The van der Waals surface area contributed by atoms with Gasteiger partial charge in [-0.3, -0.25) is 9.36 Å². The van der Waals surface area contributed by atoms with Crippen LogP contribution in [0, 0.1) is 0 Å². The van der Waals surface area contributed by atoms with Crippen LogP contribution in [0.3, 0.4) is 0 Å². The van der Waals surface area contributed by atoms with Gasteiger partial charge in [0.2, 0.25) is 0 Å². The zero-order chi connectivity index (χ0) is 22.0. The molecule has 0 aliphatic carbocycles. The van der Waals surface area contributed by atoms with Gasteiger partial charge in [-0.05, 0) is 38.0 Å². The highest BCUT2D eigenvalue weighted by molar-refractivity contribution is 7.54. The molecule has 7 heteroatoms. The van der Waals surface area contributed by atoms with Crippen LogP contribution in [0.4, 0.5) is 0 Å². The second-order valence-corrected chi connectivity index (χ2v) is 8.69. The summed E-state index contributed by atoms with van der Waals surface area (Å²) in [5, 5.41) is 9.16. The van der Waals surface area contributed by atoms with Gasteiger partial charge in [-0.2, -0.15) is 0 Å². The van der Waals surface area contributed by atoms with Gasteiger partial charge in [0.25, 0.3) is 0 Å². The fourth-order valence-corrected chi connectivity index (χ4v) is 4.35. The molecule has 0 spiro atoms. The third kappa shape index (κ3) is 6.84. The Morgan fingerprint density at radius 2 is 1.67 bits per heavy atom. The lowest BCUT2D eigenvalue weighted by Crippen LogP contribution is -2.07. The maximum absolute atomic E-state index is 12.4. The first-order valence-electron chi connectivity index (χ1n) is 9.98. The zero-order valence-corrected chi connectivity index (χ0v) is 18.5. The molecule has 1 N–H and O–H groups in total. The Hall–Kier alpha value is -2.40. The van der Waals surface area contributed by atoms with Crippen LogP contribution in [0.15, 0.2) is 60.7 Å². The number of hydrogen-bond acceptors (Lipinski definition) is 5. The molecule has 0 fully saturated rings.